The Labute approximate surface area is 175 Å². The molecule has 2 aromatic heterocycles. The van der Waals surface area contributed by atoms with Gasteiger partial charge in [0.05, 0.1) is 19.0 Å². The summed E-state index contributed by atoms with van der Waals surface area (Å²) >= 11 is 1.30. The van der Waals surface area contributed by atoms with Gasteiger partial charge in [-0.2, -0.15) is 0 Å². The number of carbonyl (C=O) groups is 1. The van der Waals surface area contributed by atoms with Crippen LogP contribution in [0.15, 0.2) is 52.7 Å². The van der Waals surface area contributed by atoms with E-state index in [1.807, 2.05) is 6.92 Å². The van der Waals surface area contributed by atoms with Crippen LogP contribution >= 0.6 is 11.8 Å². The number of methoxy groups -OCH3 is 1. The SMILES string of the molecule is COc1cn(CC(=O)Nc2ccc(F)cc2F)c(CSc2nccc(C)n2)cc1=O. The van der Waals surface area contributed by atoms with E-state index >= 15 is 0 Å². The molecule has 10 heteroatoms. The minimum Gasteiger partial charge on any atom is -0.491 e. The van der Waals surface area contributed by atoms with Crippen LogP contribution in [-0.4, -0.2) is 27.6 Å². The second-order valence-corrected chi connectivity index (χ2v) is 7.21. The van der Waals surface area contributed by atoms with E-state index in [1.54, 1.807) is 12.3 Å². The van der Waals surface area contributed by atoms with Gasteiger partial charge >= 0.3 is 0 Å². The van der Waals surface area contributed by atoms with Crippen LogP contribution in [0.5, 0.6) is 5.75 Å². The molecule has 0 aliphatic carbocycles. The fourth-order valence-corrected chi connectivity index (χ4v) is 3.46. The monoisotopic (exact) mass is 432 g/mol. The topological polar surface area (TPSA) is 86.1 Å². The number of ether oxygens (including phenoxy) is 1. The van der Waals surface area contributed by atoms with Gasteiger partial charge in [0, 0.05) is 35.5 Å². The van der Waals surface area contributed by atoms with Crippen LogP contribution in [0, 0.1) is 18.6 Å². The van der Waals surface area contributed by atoms with E-state index in [2.05, 4.69) is 15.3 Å². The summed E-state index contributed by atoms with van der Waals surface area (Å²) in [7, 11) is 1.35. The summed E-state index contributed by atoms with van der Waals surface area (Å²) in [4.78, 5) is 33.1. The molecule has 30 heavy (non-hydrogen) atoms. The Balaban J connectivity index is 1.81. The van der Waals surface area contributed by atoms with E-state index in [9.17, 15) is 18.4 Å². The molecule has 1 amide bonds. The van der Waals surface area contributed by atoms with Gasteiger partial charge in [-0.3, -0.25) is 9.59 Å². The molecular formula is C20H18F2N4O3S. The molecule has 2 heterocycles. The number of benzene rings is 1. The number of thioether (sulfide) groups is 1. The Morgan fingerprint density at radius 2 is 2.07 bits per heavy atom. The van der Waals surface area contributed by atoms with Crippen molar-refractivity contribution in [1.82, 2.24) is 14.5 Å². The number of aromatic nitrogens is 3. The van der Waals surface area contributed by atoms with Gasteiger partial charge in [0.25, 0.3) is 0 Å². The lowest BCUT2D eigenvalue weighted by Crippen LogP contribution is -2.23. The summed E-state index contributed by atoms with van der Waals surface area (Å²) in [6.45, 7) is 1.63. The lowest BCUT2D eigenvalue weighted by atomic mass is 10.3. The molecule has 3 aromatic rings. The van der Waals surface area contributed by atoms with Gasteiger partial charge in [-0.15, -0.1) is 0 Å². The molecule has 0 aliphatic rings. The van der Waals surface area contributed by atoms with Crippen LogP contribution < -0.4 is 15.5 Å². The third kappa shape index (κ3) is 5.41. The predicted octanol–water partition coefficient (Wildman–Crippen LogP) is 3.16. The van der Waals surface area contributed by atoms with Crippen LogP contribution in [0.4, 0.5) is 14.5 Å². The van der Waals surface area contributed by atoms with Gasteiger partial charge in [0.2, 0.25) is 11.3 Å². The Morgan fingerprint density at radius 1 is 1.27 bits per heavy atom. The summed E-state index contributed by atoms with van der Waals surface area (Å²) in [5.74, 6) is -1.79. The minimum atomic E-state index is -0.881. The summed E-state index contributed by atoms with van der Waals surface area (Å²) in [5.41, 5.74) is 0.865. The molecular weight excluding hydrogens is 414 g/mol. The molecule has 0 atom stereocenters. The van der Waals surface area contributed by atoms with Crippen molar-refractivity contribution in [2.75, 3.05) is 12.4 Å². The van der Waals surface area contributed by atoms with Crippen LogP contribution in [0.25, 0.3) is 0 Å². The molecule has 0 fully saturated rings. The first-order valence-electron chi connectivity index (χ1n) is 8.80. The number of rotatable bonds is 7. The maximum Gasteiger partial charge on any atom is 0.244 e. The molecule has 1 aromatic carbocycles. The zero-order valence-corrected chi connectivity index (χ0v) is 17.0. The third-order valence-corrected chi connectivity index (χ3v) is 4.94. The smallest absolute Gasteiger partial charge is 0.244 e. The summed E-state index contributed by atoms with van der Waals surface area (Å²) in [6, 6.07) is 6.01. The third-order valence-electron chi connectivity index (χ3n) is 4.04. The van der Waals surface area contributed by atoms with E-state index in [4.69, 9.17) is 4.74 Å². The normalized spacial score (nSPS) is 10.7. The zero-order chi connectivity index (χ0) is 21.7. The number of anilines is 1. The Hall–Kier alpha value is -3.27. The highest BCUT2D eigenvalue weighted by Gasteiger charge is 2.13. The number of pyridine rings is 1. The fraction of sp³-hybridized carbons (Fsp3) is 0.200. The van der Waals surface area contributed by atoms with Gasteiger partial charge in [-0.05, 0) is 25.1 Å². The second kappa shape index (κ2) is 9.49. The van der Waals surface area contributed by atoms with Crippen molar-refractivity contribution < 1.29 is 18.3 Å². The molecule has 0 radical (unpaired) electrons. The van der Waals surface area contributed by atoms with Gasteiger partial charge in [-0.1, -0.05) is 11.8 Å². The van der Waals surface area contributed by atoms with Crippen molar-refractivity contribution >= 4 is 23.4 Å². The predicted molar refractivity (Wildman–Crippen MR) is 109 cm³/mol. The maximum absolute atomic E-state index is 13.8. The first-order chi connectivity index (χ1) is 14.4. The zero-order valence-electron chi connectivity index (χ0n) is 16.2. The number of aryl methyl sites for hydroxylation is 1. The highest BCUT2D eigenvalue weighted by atomic mass is 32.2. The molecule has 7 nitrogen and oxygen atoms in total. The number of amides is 1. The fourth-order valence-electron chi connectivity index (χ4n) is 2.59. The van der Waals surface area contributed by atoms with Crippen molar-refractivity contribution in [2.45, 2.75) is 24.4 Å². The molecule has 0 spiro atoms. The van der Waals surface area contributed by atoms with E-state index in [0.717, 1.165) is 17.8 Å². The van der Waals surface area contributed by atoms with Crippen molar-refractivity contribution in [3.63, 3.8) is 0 Å². The average Bonchev–Trinajstić information content (AvgIpc) is 2.70. The number of nitrogens with zero attached hydrogens (tertiary/aromatic N) is 3. The lowest BCUT2D eigenvalue weighted by molar-refractivity contribution is -0.116. The Bertz CT molecular complexity index is 1140. The first-order valence-corrected chi connectivity index (χ1v) is 9.79. The Kier molecular flexibility index (Phi) is 6.78. The van der Waals surface area contributed by atoms with Crippen molar-refractivity contribution in [3.05, 3.63) is 76.0 Å². The van der Waals surface area contributed by atoms with Gasteiger partial charge in [-0.25, -0.2) is 18.7 Å². The summed E-state index contributed by atoms with van der Waals surface area (Å²) in [6.07, 6.45) is 3.05. The van der Waals surface area contributed by atoms with E-state index in [0.29, 0.717) is 22.7 Å². The highest BCUT2D eigenvalue weighted by molar-refractivity contribution is 7.98. The van der Waals surface area contributed by atoms with Crippen LogP contribution in [-0.2, 0) is 17.1 Å². The van der Waals surface area contributed by atoms with Crippen molar-refractivity contribution in [3.8, 4) is 5.75 Å². The quantitative estimate of drug-likeness (QED) is 0.456. The van der Waals surface area contributed by atoms with Crippen molar-refractivity contribution in [1.29, 1.82) is 0 Å². The molecule has 3 rings (SSSR count). The van der Waals surface area contributed by atoms with Crippen molar-refractivity contribution in [2.24, 2.45) is 0 Å². The van der Waals surface area contributed by atoms with Crippen LogP contribution in [0.1, 0.15) is 11.4 Å². The summed E-state index contributed by atoms with van der Waals surface area (Å²) in [5, 5.41) is 2.92. The number of hydrogen-bond acceptors (Lipinski definition) is 6. The maximum atomic E-state index is 13.8. The lowest BCUT2D eigenvalue weighted by Gasteiger charge is -2.15. The minimum absolute atomic E-state index is 0.0660. The van der Waals surface area contributed by atoms with E-state index < -0.39 is 17.5 Å². The number of carbonyl (C=O) groups excluding carboxylic acids is 1. The molecule has 0 aliphatic heterocycles. The second-order valence-electron chi connectivity index (χ2n) is 6.27. The molecule has 1 N–H and O–H groups in total. The van der Waals surface area contributed by atoms with E-state index in [1.165, 1.54) is 35.7 Å². The van der Waals surface area contributed by atoms with Gasteiger partial charge < -0.3 is 14.6 Å². The Morgan fingerprint density at radius 3 is 2.77 bits per heavy atom. The number of nitrogens with one attached hydrogen (secondary N) is 1. The molecule has 0 bridgehead atoms. The largest absolute Gasteiger partial charge is 0.491 e. The average molecular weight is 432 g/mol. The van der Waals surface area contributed by atoms with E-state index in [-0.39, 0.29) is 23.4 Å². The molecule has 156 valence electrons. The number of halogens is 2. The molecule has 0 saturated heterocycles. The molecule has 0 saturated carbocycles. The van der Waals surface area contributed by atoms with Gasteiger partial charge in [0.15, 0.2) is 10.9 Å². The summed E-state index contributed by atoms with van der Waals surface area (Å²) < 4.78 is 33.4. The van der Waals surface area contributed by atoms with Gasteiger partial charge in [0.1, 0.15) is 18.2 Å². The molecule has 0 unspecified atom stereocenters. The highest BCUT2D eigenvalue weighted by Crippen LogP contribution is 2.20. The van der Waals surface area contributed by atoms with Crippen LogP contribution in [0.2, 0.25) is 0 Å². The first kappa shape index (κ1) is 21.4. The standard InChI is InChI=1S/C20H18F2N4O3S/c1-12-5-6-23-20(24-12)30-11-14-8-17(27)18(29-2)9-26(14)10-19(28)25-16-4-3-13(21)7-15(16)22/h3-9H,10-11H2,1-2H3,(H,25,28). The number of hydrogen-bond donors (Lipinski definition) is 1. The van der Waals surface area contributed by atoms with Crippen LogP contribution in [0.3, 0.4) is 0 Å².